The predicted octanol–water partition coefficient (Wildman–Crippen LogP) is 0.264. The highest BCUT2D eigenvalue weighted by atomic mass is 16.5. The van der Waals surface area contributed by atoms with Gasteiger partial charge in [0.1, 0.15) is 18.0 Å². The number of rotatable bonds is 5. The Labute approximate surface area is 99.2 Å². The van der Waals surface area contributed by atoms with Crippen molar-refractivity contribution in [1.29, 1.82) is 0 Å². The van der Waals surface area contributed by atoms with Gasteiger partial charge in [-0.25, -0.2) is 9.79 Å². The zero-order valence-corrected chi connectivity index (χ0v) is 9.55. The fraction of sp³-hybridized carbons (Fsp3) is 0.273. The summed E-state index contributed by atoms with van der Waals surface area (Å²) in [6.07, 6.45) is 0. The molecular formula is C11H15N3O3. The summed E-state index contributed by atoms with van der Waals surface area (Å²) in [6, 6.07) is 6.70. The predicted molar refractivity (Wildman–Crippen MR) is 63.9 cm³/mol. The molecule has 1 rings (SSSR count). The van der Waals surface area contributed by atoms with Crippen molar-refractivity contribution in [3.05, 3.63) is 24.3 Å². The normalized spacial score (nSPS) is 9.47. The summed E-state index contributed by atoms with van der Waals surface area (Å²) >= 11 is 0. The number of esters is 1. The lowest BCUT2D eigenvalue weighted by Gasteiger charge is -2.05. The molecule has 0 saturated heterocycles. The van der Waals surface area contributed by atoms with Crippen LogP contribution in [0.4, 0.5) is 0 Å². The monoisotopic (exact) mass is 237 g/mol. The average molecular weight is 237 g/mol. The molecule has 92 valence electrons. The molecule has 0 aromatic heterocycles. The maximum Gasteiger partial charge on any atom is 0.333 e. The van der Waals surface area contributed by atoms with E-state index >= 15 is 0 Å². The Morgan fingerprint density at radius 3 is 2.35 bits per heavy atom. The number of nitrogens with zero attached hydrogens (tertiary/aromatic N) is 1. The maximum atomic E-state index is 11.3. The van der Waals surface area contributed by atoms with Gasteiger partial charge in [0.25, 0.3) is 0 Å². The summed E-state index contributed by atoms with van der Waals surface area (Å²) in [7, 11) is 0. The highest BCUT2D eigenvalue weighted by Gasteiger charge is 2.03. The van der Waals surface area contributed by atoms with Crippen molar-refractivity contribution in [2.24, 2.45) is 16.5 Å². The highest BCUT2D eigenvalue weighted by molar-refractivity contribution is 5.81. The topological polar surface area (TPSA) is 99.9 Å². The molecule has 0 saturated carbocycles. The van der Waals surface area contributed by atoms with Gasteiger partial charge < -0.3 is 20.9 Å². The lowest BCUT2D eigenvalue weighted by Crippen LogP contribution is -2.25. The van der Waals surface area contributed by atoms with Gasteiger partial charge in [-0.3, -0.25) is 0 Å². The molecule has 1 aromatic rings. The van der Waals surface area contributed by atoms with Crippen LogP contribution in [-0.4, -0.2) is 25.1 Å². The molecule has 6 heteroatoms. The summed E-state index contributed by atoms with van der Waals surface area (Å²) in [5.74, 6) is 0.469. The Bertz CT molecular complexity index is 397. The molecule has 6 nitrogen and oxygen atoms in total. The first-order valence-corrected chi connectivity index (χ1v) is 5.10. The van der Waals surface area contributed by atoms with E-state index in [1.165, 1.54) is 0 Å². The van der Waals surface area contributed by atoms with Gasteiger partial charge in [-0.2, -0.15) is 0 Å². The molecule has 1 aromatic carbocycles. The number of carbonyl (C=O) groups excluding carboxylic acids is 1. The van der Waals surface area contributed by atoms with Crippen LogP contribution in [0.3, 0.4) is 0 Å². The van der Waals surface area contributed by atoms with Gasteiger partial charge in [0, 0.05) is 0 Å². The minimum absolute atomic E-state index is 0.145. The van der Waals surface area contributed by atoms with Gasteiger partial charge >= 0.3 is 5.97 Å². The first kappa shape index (κ1) is 12.8. The highest BCUT2D eigenvalue weighted by Crippen LogP contribution is 2.17. The van der Waals surface area contributed by atoms with Crippen LogP contribution >= 0.6 is 0 Å². The van der Waals surface area contributed by atoms with Crippen molar-refractivity contribution in [3.8, 4) is 11.5 Å². The minimum Gasteiger partial charge on any atom is -0.494 e. The van der Waals surface area contributed by atoms with Crippen LogP contribution in [0.5, 0.6) is 11.5 Å². The third-order valence-electron chi connectivity index (χ3n) is 1.76. The second-order valence-electron chi connectivity index (χ2n) is 3.12. The smallest absolute Gasteiger partial charge is 0.333 e. The Hall–Kier alpha value is -2.24. The molecule has 0 atom stereocenters. The molecule has 0 amide bonds. The largest absolute Gasteiger partial charge is 0.494 e. The van der Waals surface area contributed by atoms with Gasteiger partial charge in [-0.15, -0.1) is 0 Å². The van der Waals surface area contributed by atoms with E-state index in [-0.39, 0.29) is 12.5 Å². The Kier molecular flexibility index (Phi) is 4.80. The molecule has 0 heterocycles. The van der Waals surface area contributed by atoms with E-state index in [1.807, 2.05) is 6.92 Å². The molecular weight excluding hydrogens is 222 g/mol. The quantitative estimate of drug-likeness (QED) is 0.331. The fourth-order valence-corrected chi connectivity index (χ4v) is 1.09. The van der Waals surface area contributed by atoms with Gasteiger partial charge in [0.05, 0.1) is 6.61 Å². The number of benzene rings is 1. The minimum atomic E-state index is -0.525. The van der Waals surface area contributed by atoms with E-state index < -0.39 is 5.97 Å². The van der Waals surface area contributed by atoms with Crippen molar-refractivity contribution in [2.45, 2.75) is 6.92 Å². The first-order valence-electron chi connectivity index (χ1n) is 5.10. The van der Waals surface area contributed by atoms with Crippen molar-refractivity contribution in [2.75, 3.05) is 13.2 Å². The van der Waals surface area contributed by atoms with E-state index in [0.717, 1.165) is 5.75 Å². The number of hydrogen-bond acceptors (Lipinski definition) is 4. The number of guanidine groups is 1. The van der Waals surface area contributed by atoms with Gasteiger partial charge in [-0.1, -0.05) is 0 Å². The second-order valence-corrected chi connectivity index (χ2v) is 3.12. The standard InChI is InChI=1S/C11H15N3O3/c1-2-16-8-3-5-9(6-4-8)17-10(15)7-14-11(12)13/h3-6H,2,7H2,1H3,(H4,12,13,14). The van der Waals surface area contributed by atoms with Crippen LogP contribution in [0, 0.1) is 0 Å². The molecule has 0 aliphatic rings. The molecule has 17 heavy (non-hydrogen) atoms. The van der Waals surface area contributed by atoms with E-state index in [1.54, 1.807) is 24.3 Å². The van der Waals surface area contributed by atoms with E-state index in [0.29, 0.717) is 12.4 Å². The Morgan fingerprint density at radius 2 is 1.82 bits per heavy atom. The van der Waals surface area contributed by atoms with Crippen LogP contribution in [0.25, 0.3) is 0 Å². The van der Waals surface area contributed by atoms with Gasteiger partial charge in [-0.05, 0) is 31.2 Å². The van der Waals surface area contributed by atoms with Crippen molar-refractivity contribution < 1.29 is 14.3 Å². The molecule has 0 spiro atoms. The SMILES string of the molecule is CCOc1ccc(OC(=O)CN=C(N)N)cc1. The molecule has 0 unspecified atom stereocenters. The molecule has 4 N–H and O–H groups in total. The fourth-order valence-electron chi connectivity index (χ4n) is 1.09. The third-order valence-corrected chi connectivity index (χ3v) is 1.76. The summed E-state index contributed by atoms with van der Waals surface area (Å²) < 4.78 is 10.2. The number of nitrogens with two attached hydrogens (primary N) is 2. The van der Waals surface area contributed by atoms with Crippen LogP contribution in [0.1, 0.15) is 6.92 Å². The molecule has 0 aliphatic heterocycles. The van der Waals surface area contributed by atoms with Crippen molar-refractivity contribution in [3.63, 3.8) is 0 Å². The molecule has 0 fully saturated rings. The average Bonchev–Trinajstić information content (AvgIpc) is 2.29. The third kappa shape index (κ3) is 4.87. The Balaban J connectivity index is 2.51. The lowest BCUT2D eigenvalue weighted by atomic mass is 10.3. The first-order chi connectivity index (χ1) is 8.11. The van der Waals surface area contributed by atoms with Crippen LogP contribution in [0.2, 0.25) is 0 Å². The number of hydrogen-bond donors (Lipinski definition) is 2. The van der Waals surface area contributed by atoms with Crippen molar-refractivity contribution >= 4 is 11.9 Å². The zero-order chi connectivity index (χ0) is 12.7. The summed E-state index contributed by atoms with van der Waals surface area (Å²) in [6.45, 7) is 2.28. The number of aliphatic imine (C=N–C) groups is 1. The second kappa shape index (κ2) is 6.37. The lowest BCUT2D eigenvalue weighted by molar-refractivity contribution is -0.132. The van der Waals surface area contributed by atoms with Crippen LogP contribution in [-0.2, 0) is 4.79 Å². The zero-order valence-electron chi connectivity index (χ0n) is 9.55. The maximum absolute atomic E-state index is 11.3. The van der Waals surface area contributed by atoms with Gasteiger partial charge in [0.2, 0.25) is 0 Å². The van der Waals surface area contributed by atoms with Crippen LogP contribution < -0.4 is 20.9 Å². The van der Waals surface area contributed by atoms with E-state index in [2.05, 4.69) is 4.99 Å². The van der Waals surface area contributed by atoms with Gasteiger partial charge in [0.15, 0.2) is 5.96 Å². The molecule has 0 bridgehead atoms. The molecule has 0 radical (unpaired) electrons. The number of carbonyl (C=O) groups is 1. The number of ether oxygens (including phenoxy) is 2. The summed E-state index contributed by atoms with van der Waals surface area (Å²) in [5.41, 5.74) is 10.2. The summed E-state index contributed by atoms with van der Waals surface area (Å²) in [4.78, 5) is 14.8. The Morgan fingerprint density at radius 1 is 1.24 bits per heavy atom. The van der Waals surface area contributed by atoms with E-state index in [4.69, 9.17) is 20.9 Å². The van der Waals surface area contributed by atoms with Crippen molar-refractivity contribution in [1.82, 2.24) is 0 Å². The van der Waals surface area contributed by atoms with E-state index in [9.17, 15) is 4.79 Å². The molecule has 0 aliphatic carbocycles. The van der Waals surface area contributed by atoms with Crippen LogP contribution in [0.15, 0.2) is 29.3 Å². The summed E-state index contributed by atoms with van der Waals surface area (Å²) in [5, 5.41) is 0.